The molecule has 0 fully saturated rings. The maximum Gasteiger partial charge on any atom is 0.322 e. The first-order valence-electron chi connectivity index (χ1n) is 10.1. The molecule has 31 heavy (non-hydrogen) atoms. The average molecular weight is 423 g/mol. The number of urea groups is 1. The topological polar surface area (TPSA) is 65.8 Å². The molecule has 6 nitrogen and oxygen atoms in total. The van der Waals surface area contributed by atoms with E-state index in [2.05, 4.69) is 5.32 Å². The Morgan fingerprint density at radius 2 is 1.68 bits per heavy atom. The molecule has 3 rings (SSSR count). The van der Waals surface area contributed by atoms with Gasteiger partial charge < -0.3 is 19.5 Å². The van der Waals surface area contributed by atoms with Crippen molar-refractivity contribution in [2.75, 3.05) is 11.9 Å². The van der Waals surface area contributed by atoms with E-state index < -0.39 is 11.8 Å². The van der Waals surface area contributed by atoms with Crippen molar-refractivity contribution in [3.8, 4) is 0 Å². The number of amides is 3. The number of hydrogen-bond acceptors (Lipinski definition) is 3. The number of nitrogens with one attached hydrogen (secondary N) is 1. The highest BCUT2D eigenvalue weighted by Gasteiger charge is 2.25. The van der Waals surface area contributed by atoms with Gasteiger partial charge in [0.05, 0.1) is 18.5 Å². The minimum atomic E-state index is -0.536. The third-order valence-corrected chi connectivity index (χ3v) is 4.80. The summed E-state index contributed by atoms with van der Waals surface area (Å²) in [5.41, 5.74) is 1.04. The second kappa shape index (κ2) is 10.4. The number of carbonyl (C=O) groups is 2. The monoisotopic (exact) mass is 423 g/mol. The van der Waals surface area contributed by atoms with Gasteiger partial charge in [-0.3, -0.25) is 4.79 Å². The van der Waals surface area contributed by atoms with Crippen LogP contribution < -0.4 is 5.32 Å². The molecule has 3 amide bonds. The molecular formula is C24H26FN3O3. The minimum Gasteiger partial charge on any atom is -0.467 e. The minimum absolute atomic E-state index is 0.0716. The normalized spacial score (nSPS) is 10.7. The van der Waals surface area contributed by atoms with E-state index in [1.807, 2.05) is 44.2 Å². The zero-order chi connectivity index (χ0) is 22.2. The predicted molar refractivity (Wildman–Crippen MR) is 117 cm³/mol. The number of rotatable bonds is 8. The van der Waals surface area contributed by atoms with Gasteiger partial charge in [0.1, 0.15) is 18.1 Å². The molecule has 3 aromatic rings. The molecule has 0 aliphatic heterocycles. The quantitative estimate of drug-likeness (QED) is 0.561. The molecule has 0 saturated heterocycles. The van der Waals surface area contributed by atoms with Crippen molar-refractivity contribution in [2.24, 2.45) is 0 Å². The van der Waals surface area contributed by atoms with Crippen LogP contribution >= 0.6 is 0 Å². The number of hydrogen-bond donors (Lipinski definition) is 1. The van der Waals surface area contributed by atoms with Crippen LogP contribution in [-0.2, 0) is 17.9 Å². The number of halogens is 1. The Balaban J connectivity index is 1.74. The van der Waals surface area contributed by atoms with Crippen molar-refractivity contribution in [3.63, 3.8) is 0 Å². The Bertz CT molecular complexity index is 990. The molecule has 0 unspecified atom stereocenters. The fraction of sp³-hybridized carbons (Fsp3) is 0.250. The largest absolute Gasteiger partial charge is 0.467 e. The van der Waals surface area contributed by atoms with Gasteiger partial charge >= 0.3 is 6.03 Å². The Kier molecular flexibility index (Phi) is 7.43. The number of anilines is 1. The fourth-order valence-corrected chi connectivity index (χ4v) is 3.11. The van der Waals surface area contributed by atoms with Crippen molar-refractivity contribution in [1.82, 2.24) is 9.80 Å². The molecule has 0 bridgehead atoms. The van der Waals surface area contributed by atoms with Crippen molar-refractivity contribution in [1.29, 1.82) is 0 Å². The third-order valence-electron chi connectivity index (χ3n) is 4.80. The third kappa shape index (κ3) is 6.18. The van der Waals surface area contributed by atoms with E-state index >= 15 is 0 Å². The van der Waals surface area contributed by atoms with E-state index in [1.165, 1.54) is 17.0 Å². The molecule has 1 aromatic heterocycles. The van der Waals surface area contributed by atoms with Crippen LogP contribution in [0.4, 0.5) is 14.9 Å². The number of furan rings is 1. The molecule has 0 radical (unpaired) electrons. The molecule has 162 valence electrons. The summed E-state index contributed by atoms with van der Waals surface area (Å²) in [7, 11) is 0. The van der Waals surface area contributed by atoms with Gasteiger partial charge in [-0.1, -0.05) is 42.5 Å². The number of benzene rings is 2. The Morgan fingerprint density at radius 1 is 0.968 bits per heavy atom. The highest BCUT2D eigenvalue weighted by atomic mass is 19.1. The van der Waals surface area contributed by atoms with Crippen LogP contribution in [-0.4, -0.2) is 34.3 Å². The van der Waals surface area contributed by atoms with Crippen molar-refractivity contribution in [3.05, 3.63) is 90.1 Å². The van der Waals surface area contributed by atoms with Crippen LogP contribution in [0.25, 0.3) is 0 Å². The molecule has 0 saturated carbocycles. The highest BCUT2D eigenvalue weighted by Crippen LogP contribution is 2.16. The van der Waals surface area contributed by atoms with E-state index in [0.717, 1.165) is 5.56 Å². The summed E-state index contributed by atoms with van der Waals surface area (Å²) >= 11 is 0. The lowest BCUT2D eigenvalue weighted by atomic mass is 10.2. The lowest BCUT2D eigenvalue weighted by Gasteiger charge is -2.30. The van der Waals surface area contributed by atoms with Gasteiger partial charge in [0.2, 0.25) is 5.91 Å². The summed E-state index contributed by atoms with van der Waals surface area (Å²) < 4.78 is 19.4. The first kappa shape index (κ1) is 22.1. The first-order chi connectivity index (χ1) is 14.9. The standard InChI is InChI=1S/C24H26FN3O3/c1-18(2)28(24(30)26-22-13-7-6-12-21(22)25)17-23(29)27(16-20-11-8-14-31-20)15-19-9-4-3-5-10-19/h3-14,18H,15-17H2,1-2H3,(H,26,30). The first-order valence-corrected chi connectivity index (χ1v) is 10.1. The van der Waals surface area contributed by atoms with Crippen molar-refractivity contribution in [2.45, 2.75) is 33.0 Å². The molecular weight excluding hydrogens is 397 g/mol. The fourth-order valence-electron chi connectivity index (χ4n) is 3.11. The summed E-state index contributed by atoms with van der Waals surface area (Å²) in [6, 6.07) is 18.3. The van der Waals surface area contributed by atoms with Gasteiger partial charge in [0.15, 0.2) is 0 Å². The number of nitrogens with zero attached hydrogens (tertiary/aromatic N) is 2. The number of para-hydroxylation sites is 1. The zero-order valence-corrected chi connectivity index (χ0v) is 17.6. The lowest BCUT2D eigenvalue weighted by molar-refractivity contribution is -0.133. The maximum atomic E-state index is 13.9. The van der Waals surface area contributed by atoms with E-state index in [4.69, 9.17) is 4.42 Å². The van der Waals surface area contributed by atoms with E-state index in [-0.39, 0.29) is 30.7 Å². The predicted octanol–water partition coefficient (Wildman–Crippen LogP) is 4.89. The van der Waals surface area contributed by atoms with Crippen LogP contribution in [0.5, 0.6) is 0 Å². The lowest BCUT2D eigenvalue weighted by Crippen LogP contribution is -2.47. The summed E-state index contributed by atoms with van der Waals surface area (Å²) in [6.07, 6.45) is 1.56. The molecule has 0 atom stereocenters. The van der Waals surface area contributed by atoms with Gasteiger partial charge in [-0.05, 0) is 43.7 Å². The molecule has 0 aliphatic rings. The Hall–Kier alpha value is -3.61. The van der Waals surface area contributed by atoms with Crippen LogP contribution in [0.15, 0.2) is 77.4 Å². The summed E-state index contributed by atoms with van der Waals surface area (Å²) in [6.45, 7) is 4.12. The molecule has 1 N–H and O–H groups in total. The molecule has 0 aliphatic carbocycles. The Morgan fingerprint density at radius 3 is 2.32 bits per heavy atom. The second-order valence-corrected chi connectivity index (χ2v) is 7.45. The zero-order valence-electron chi connectivity index (χ0n) is 17.6. The average Bonchev–Trinajstić information content (AvgIpc) is 3.26. The molecule has 0 spiro atoms. The molecule has 2 aromatic carbocycles. The number of carbonyl (C=O) groups excluding carboxylic acids is 2. The Labute approximate surface area is 181 Å². The van der Waals surface area contributed by atoms with Crippen LogP contribution in [0.2, 0.25) is 0 Å². The second-order valence-electron chi connectivity index (χ2n) is 7.45. The van der Waals surface area contributed by atoms with Gasteiger partial charge in [-0.2, -0.15) is 0 Å². The van der Waals surface area contributed by atoms with Gasteiger partial charge in [-0.15, -0.1) is 0 Å². The SMILES string of the molecule is CC(C)N(CC(=O)N(Cc1ccccc1)Cc1ccco1)C(=O)Nc1ccccc1F. The van der Waals surface area contributed by atoms with Gasteiger partial charge in [-0.25, -0.2) is 9.18 Å². The van der Waals surface area contributed by atoms with Gasteiger partial charge in [0.25, 0.3) is 0 Å². The van der Waals surface area contributed by atoms with E-state index in [1.54, 1.807) is 35.4 Å². The summed E-state index contributed by atoms with van der Waals surface area (Å²) in [5.74, 6) is -0.122. The maximum absolute atomic E-state index is 13.9. The van der Waals surface area contributed by atoms with Crippen LogP contribution in [0.3, 0.4) is 0 Å². The smallest absolute Gasteiger partial charge is 0.322 e. The molecule has 1 heterocycles. The summed E-state index contributed by atoms with van der Waals surface area (Å²) in [4.78, 5) is 29.0. The van der Waals surface area contributed by atoms with E-state index in [9.17, 15) is 14.0 Å². The van der Waals surface area contributed by atoms with Gasteiger partial charge in [0, 0.05) is 12.6 Å². The van der Waals surface area contributed by atoms with Crippen molar-refractivity contribution >= 4 is 17.6 Å². The van der Waals surface area contributed by atoms with Crippen LogP contribution in [0, 0.1) is 5.82 Å². The summed E-state index contributed by atoms with van der Waals surface area (Å²) in [5, 5.41) is 2.55. The van der Waals surface area contributed by atoms with E-state index in [0.29, 0.717) is 12.3 Å². The highest BCUT2D eigenvalue weighted by molar-refractivity contribution is 5.92. The van der Waals surface area contributed by atoms with Crippen LogP contribution in [0.1, 0.15) is 25.2 Å². The molecule has 7 heteroatoms. The van der Waals surface area contributed by atoms with Crippen molar-refractivity contribution < 1.29 is 18.4 Å².